The van der Waals surface area contributed by atoms with Crippen LogP contribution in [0.5, 0.6) is 0 Å². The lowest BCUT2D eigenvalue weighted by Crippen LogP contribution is -2.43. The molecule has 0 bridgehead atoms. The fourth-order valence-electron chi connectivity index (χ4n) is 1.66. The smallest absolute Gasteiger partial charge is 0.408 e. The minimum atomic E-state index is -0.743. The predicted molar refractivity (Wildman–Crippen MR) is 83.5 cm³/mol. The monoisotopic (exact) mass is 315 g/mol. The third-order valence-corrected chi connectivity index (χ3v) is 2.49. The highest BCUT2D eigenvalue weighted by Crippen LogP contribution is 2.12. The SMILES string of the molecule is CCC(=O)[C@H](CCC(=O)OC(C)(C)C)NC(=O)OC(C)(C)C. The number of hydrogen-bond acceptors (Lipinski definition) is 5. The van der Waals surface area contributed by atoms with E-state index in [1.165, 1.54) is 0 Å². The molecule has 0 aromatic carbocycles. The molecule has 0 aromatic heterocycles. The molecule has 0 spiro atoms. The Hall–Kier alpha value is -1.59. The van der Waals surface area contributed by atoms with Gasteiger partial charge in [-0.25, -0.2) is 4.79 Å². The van der Waals surface area contributed by atoms with Crippen LogP contribution in [0.4, 0.5) is 4.79 Å². The molecule has 1 amide bonds. The maximum absolute atomic E-state index is 11.9. The van der Waals surface area contributed by atoms with E-state index in [0.29, 0.717) is 0 Å². The van der Waals surface area contributed by atoms with Crippen molar-refractivity contribution in [2.75, 3.05) is 0 Å². The van der Waals surface area contributed by atoms with Crippen LogP contribution in [-0.4, -0.2) is 35.1 Å². The van der Waals surface area contributed by atoms with Gasteiger partial charge < -0.3 is 14.8 Å². The van der Waals surface area contributed by atoms with Crippen molar-refractivity contribution in [3.63, 3.8) is 0 Å². The number of Topliss-reactive ketones (excluding diaryl/α,β-unsaturated/α-hetero) is 1. The average Bonchev–Trinajstić information content (AvgIpc) is 2.28. The van der Waals surface area contributed by atoms with Gasteiger partial charge in [0.15, 0.2) is 5.78 Å². The number of hydrogen-bond donors (Lipinski definition) is 1. The van der Waals surface area contributed by atoms with Crippen LogP contribution >= 0.6 is 0 Å². The number of ketones is 1. The molecule has 0 aromatic rings. The van der Waals surface area contributed by atoms with Gasteiger partial charge >= 0.3 is 12.1 Å². The van der Waals surface area contributed by atoms with Crippen molar-refractivity contribution in [3.8, 4) is 0 Å². The molecule has 0 heterocycles. The minimum Gasteiger partial charge on any atom is -0.460 e. The molecule has 0 aliphatic heterocycles. The maximum Gasteiger partial charge on any atom is 0.408 e. The first-order valence-corrected chi connectivity index (χ1v) is 7.58. The first kappa shape index (κ1) is 20.4. The van der Waals surface area contributed by atoms with E-state index in [1.807, 2.05) is 0 Å². The van der Waals surface area contributed by atoms with Gasteiger partial charge in [-0.2, -0.15) is 0 Å². The number of ether oxygens (including phenoxy) is 2. The molecular formula is C16H29NO5. The molecular weight excluding hydrogens is 286 g/mol. The van der Waals surface area contributed by atoms with Crippen LogP contribution in [0.2, 0.25) is 0 Å². The molecule has 22 heavy (non-hydrogen) atoms. The summed E-state index contributed by atoms with van der Waals surface area (Å²) in [5, 5.41) is 2.52. The lowest BCUT2D eigenvalue weighted by molar-refractivity contribution is -0.155. The number of rotatable bonds is 6. The van der Waals surface area contributed by atoms with Crippen LogP contribution < -0.4 is 5.32 Å². The molecule has 6 nitrogen and oxygen atoms in total. The molecule has 0 saturated carbocycles. The quantitative estimate of drug-likeness (QED) is 0.762. The van der Waals surface area contributed by atoms with Crippen LogP contribution in [0.15, 0.2) is 0 Å². The van der Waals surface area contributed by atoms with Gasteiger partial charge in [0.2, 0.25) is 0 Å². The Morgan fingerprint density at radius 2 is 1.45 bits per heavy atom. The zero-order valence-electron chi connectivity index (χ0n) is 14.7. The van der Waals surface area contributed by atoms with Crippen LogP contribution in [0.25, 0.3) is 0 Å². The zero-order chi connectivity index (χ0) is 17.6. The molecule has 0 radical (unpaired) electrons. The second-order valence-electron chi connectivity index (χ2n) is 7.14. The van der Waals surface area contributed by atoms with Gasteiger partial charge in [0.1, 0.15) is 11.2 Å². The average molecular weight is 315 g/mol. The molecule has 0 saturated heterocycles. The van der Waals surface area contributed by atoms with Gasteiger partial charge in [-0.05, 0) is 48.0 Å². The van der Waals surface area contributed by atoms with E-state index in [0.717, 1.165) is 0 Å². The van der Waals surface area contributed by atoms with Gasteiger partial charge in [-0.1, -0.05) is 6.92 Å². The molecule has 0 unspecified atom stereocenters. The topological polar surface area (TPSA) is 81.7 Å². The number of carbonyl (C=O) groups excluding carboxylic acids is 3. The Morgan fingerprint density at radius 1 is 0.955 bits per heavy atom. The standard InChI is InChI=1S/C16H29NO5/c1-8-12(18)11(17-14(20)22-16(5,6)7)9-10-13(19)21-15(2,3)4/h11H,8-10H2,1-7H3,(H,17,20)/t11-/m0/s1. The Balaban J connectivity index is 4.57. The number of nitrogens with one attached hydrogen (secondary N) is 1. The molecule has 128 valence electrons. The number of amides is 1. The second-order valence-corrected chi connectivity index (χ2v) is 7.14. The molecule has 0 rings (SSSR count). The predicted octanol–water partition coefficient (Wildman–Crippen LogP) is 2.98. The van der Waals surface area contributed by atoms with Gasteiger partial charge in [-0.15, -0.1) is 0 Å². The van der Waals surface area contributed by atoms with E-state index >= 15 is 0 Å². The van der Waals surface area contributed by atoms with Crippen LogP contribution in [0.1, 0.15) is 67.7 Å². The summed E-state index contributed by atoms with van der Waals surface area (Å²) in [6, 6.07) is -0.743. The summed E-state index contributed by atoms with van der Waals surface area (Å²) in [5.74, 6) is -0.540. The van der Waals surface area contributed by atoms with Crippen LogP contribution in [0, 0.1) is 0 Å². The van der Waals surface area contributed by atoms with Crippen molar-refractivity contribution in [2.45, 2.75) is 85.0 Å². The summed E-state index contributed by atoms with van der Waals surface area (Å²) in [6.45, 7) is 12.3. The Labute approximate surface area is 132 Å². The van der Waals surface area contributed by atoms with Crippen LogP contribution in [-0.2, 0) is 19.1 Å². The van der Waals surface area contributed by atoms with Crippen molar-refractivity contribution in [3.05, 3.63) is 0 Å². The largest absolute Gasteiger partial charge is 0.460 e. The first-order chi connectivity index (χ1) is 9.84. The van der Waals surface area contributed by atoms with E-state index in [2.05, 4.69) is 5.32 Å². The molecule has 1 N–H and O–H groups in total. The summed E-state index contributed by atoms with van der Waals surface area (Å²) in [4.78, 5) is 35.4. The molecule has 6 heteroatoms. The normalized spacial score (nSPS) is 13.2. The van der Waals surface area contributed by atoms with E-state index in [1.54, 1.807) is 48.5 Å². The third-order valence-electron chi connectivity index (χ3n) is 2.49. The summed E-state index contributed by atoms with van der Waals surface area (Å²) in [5.41, 5.74) is -1.21. The number of alkyl carbamates (subject to hydrolysis) is 1. The molecule has 0 fully saturated rings. The highest BCUT2D eigenvalue weighted by molar-refractivity contribution is 5.87. The Morgan fingerprint density at radius 3 is 1.86 bits per heavy atom. The fraction of sp³-hybridized carbons (Fsp3) is 0.812. The van der Waals surface area contributed by atoms with Crippen molar-refractivity contribution in [1.29, 1.82) is 0 Å². The highest BCUT2D eigenvalue weighted by atomic mass is 16.6. The van der Waals surface area contributed by atoms with E-state index in [9.17, 15) is 14.4 Å². The third kappa shape index (κ3) is 10.2. The van der Waals surface area contributed by atoms with E-state index in [-0.39, 0.29) is 25.0 Å². The van der Waals surface area contributed by atoms with Gasteiger partial charge in [-0.3, -0.25) is 9.59 Å². The molecule has 0 aliphatic rings. The van der Waals surface area contributed by atoms with Gasteiger partial charge in [0.25, 0.3) is 0 Å². The lowest BCUT2D eigenvalue weighted by atomic mass is 10.0. The Kier molecular flexibility index (Phi) is 7.56. The van der Waals surface area contributed by atoms with Crippen molar-refractivity contribution in [1.82, 2.24) is 5.32 Å². The molecule has 1 atom stereocenters. The van der Waals surface area contributed by atoms with Crippen molar-refractivity contribution >= 4 is 17.8 Å². The summed E-state index contributed by atoms with van der Waals surface area (Å²) in [6.07, 6.45) is -0.137. The molecule has 0 aliphatic carbocycles. The van der Waals surface area contributed by atoms with E-state index in [4.69, 9.17) is 9.47 Å². The second kappa shape index (κ2) is 8.15. The number of esters is 1. The minimum absolute atomic E-state index is 0.0590. The highest BCUT2D eigenvalue weighted by Gasteiger charge is 2.25. The zero-order valence-corrected chi connectivity index (χ0v) is 14.7. The van der Waals surface area contributed by atoms with Gasteiger partial charge in [0.05, 0.1) is 6.04 Å². The summed E-state index contributed by atoms with van der Waals surface area (Å²) in [7, 11) is 0. The lowest BCUT2D eigenvalue weighted by Gasteiger charge is -2.23. The van der Waals surface area contributed by atoms with Crippen LogP contribution in [0.3, 0.4) is 0 Å². The summed E-state index contributed by atoms with van der Waals surface area (Å²) < 4.78 is 10.3. The van der Waals surface area contributed by atoms with Gasteiger partial charge in [0, 0.05) is 12.8 Å². The number of carbonyl (C=O) groups is 3. The Bertz CT molecular complexity index is 404. The van der Waals surface area contributed by atoms with Crippen molar-refractivity contribution in [2.24, 2.45) is 0 Å². The van der Waals surface area contributed by atoms with E-state index < -0.39 is 29.3 Å². The fourth-order valence-corrected chi connectivity index (χ4v) is 1.66. The maximum atomic E-state index is 11.9. The summed E-state index contributed by atoms with van der Waals surface area (Å²) >= 11 is 0. The first-order valence-electron chi connectivity index (χ1n) is 7.58. The van der Waals surface area contributed by atoms with Crippen molar-refractivity contribution < 1.29 is 23.9 Å².